The highest BCUT2D eigenvalue weighted by Crippen LogP contribution is 2.35. The van der Waals surface area contributed by atoms with E-state index in [2.05, 4.69) is 10.3 Å². The van der Waals surface area contributed by atoms with E-state index in [0.29, 0.717) is 39.6 Å². The Hall–Kier alpha value is -3.20. The molecule has 1 aromatic carbocycles. The Balaban J connectivity index is 1.94. The van der Waals surface area contributed by atoms with Crippen molar-refractivity contribution in [1.29, 1.82) is 0 Å². The molecule has 2 aromatic heterocycles. The van der Waals surface area contributed by atoms with Crippen molar-refractivity contribution in [1.82, 2.24) is 19.8 Å². The smallest absolute Gasteiger partial charge is 0.305 e. The second-order valence-corrected chi connectivity index (χ2v) is 11.1. The number of carboxylic acids is 1. The van der Waals surface area contributed by atoms with E-state index in [0.717, 1.165) is 12.1 Å². The lowest BCUT2D eigenvalue weighted by Crippen LogP contribution is -2.40. The van der Waals surface area contributed by atoms with Gasteiger partial charge in [0.1, 0.15) is 6.04 Å². The van der Waals surface area contributed by atoms with Crippen LogP contribution < -0.4 is 10.9 Å². The summed E-state index contributed by atoms with van der Waals surface area (Å²) in [5, 5.41) is 13.3. The van der Waals surface area contributed by atoms with Gasteiger partial charge in [0.25, 0.3) is 5.56 Å². The SMILES string of the molecule is CC(C)C[C@@H](C(=O)N[C@@H](CC(=O)O)c1cncc(-c2c(Cl)cccc2Cl)c1)n1ccc(CCN(C)C)cc1=O. The van der Waals surface area contributed by atoms with Crippen molar-refractivity contribution in [2.45, 2.75) is 45.2 Å². The minimum atomic E-state index is -1.09. The fourth-order valence-corrected chi connectivity index (χ4v) is 4.96. The van der Waals surface area contributed by atoms with Gasteiger partial charge in [0, 0.05) is 52.4 Å². The Kier molecular flexibility index (Phi) is 10.7. The van der Waals surface area contributed by atoms with Crippen molar-refractivity contribution in [3.63, 3.8) is 0 Å². The van der Waals surface area contributed by atoms with E-state index in [-0.39, 0.29) is 17.9 Å². The van der Waals surface area contributed by atoms with E-state index >= 15 is 0 Å². The highest BCUT2D eigenvalue weighted by Gasteiger charge is 2.27. The number of hydrogen-bond donors (Lipinski definition) is 2. The van der Waals surface area contributed by atoms with E-state index in [1.807, 2.05) is 38.9 Å². The standard InChI is InChI=1S/C29H34Cl2N4O4/c1-18(2)12-25(35-11-9-19(13-26(35)36)8-10-34(3)4)29(39)33-24(15-27(37)38)20-14-21(17-32-16-20)28-22(30)6-5-7-23(28)31/h5-7,9,11,13-14,16-18,24-25H,8,10,12,15H2,1-4H3,(H,33,39)(H,37,38)/t24-,25-/m0/s1. The van der Waals surface area contributed by atoms with Crippen LogP contribution in [0.5, 0.6) is 0 Å². The number of halogens is 2. The highest BCUT2D eigenvalue weighted by molar-refractivity contribution is 6.39. The van der Waals surface area contributed by atoms with Crippen molar-refractivity contribution in [2.75, 3.05) is 20.6 Å². The summed E-state index contributed by atoms with van der Waals surface area (Å²) in [5.74, 6) is -1.44. The summed E-state index contributed by atoms with van der Waals surface area (Å²) in [6.07, 6.45) is 5.47. The number of aliphatic carboxylic acids is 1. The number of amides is 1. The van der Waals surface area contributed by atoms with Gasteiger partial charge in [-0.15, -0.1) is 0 Å². The molecule has 0 saturated carbocycles. The number of likely N-dealkylation sites (N-methyl/N-ethyl adjacent to an activating group) is 1. The zero-order valence-electron chi connectivity index (χ0n) is 22.5. The van der Waals surface area contributed by atoms with Crippen LogP contribution in [0.1, 0.15) is 49.9 Å². The molecule has 3 aromatic rings. The summed E-state index contributed by atoms with van der Waals surface area (Å²) in [4.78, 5) is 44.7. The maximum atomic E-state index is 13.6. The summed E-state index contributed by atoms with van der Waals surface area (Å²) >= 11 is 12.7. The van der Waals surface area contributed by atoms with Gasteiger partial charge in [-0.05, 0) is 68.2 Å². The molecule has 0 saturated heterocycles. The third kappa shape index (κ3) is 8.39. The molecule has 208 valence electrons. The molecule has 3 rings (SSSR count). The molecule has 0 aliphatic heterocycles. The predicted molar refractivity (Wildman–Crippen MR) is 154 cm³/mol. The number of carboxylic acid groups (broad SMARTS) is 1. The first-order valence-electron chi connectivity index (χ1n) is 12.7. The lowest BCUT2D eigenvalue weighted by molar-refractivity contribution is -0.138. The summed E-state index contributed by atoms with van der Waals surface area (Å²) in [5.41, 5.74) is 2.25. The number of benzene rings is 1. The van der Waals surface area contributed by atoms with Crippen LogP contribution >= 0.6 is 23.2 Å². The third-order valence-electron chi connectivity index (χ3n) is 6.30. The molecule has 0 radical (unpaired) electrons. The molecule has 2 N–H and O–H groups in total. The maximum Gasteiger partial charge on any atom is 0.305 e. The van der Waals surface area contributed by atoms with Gasteiger partial charge in [0.2, 0.25) is 5.91 Å². The number of carbonyl (C=O) groups is 2. The number of aromatic nitrogens is 2. The molecule has 1 amide bonds. The van der Waals surface area contributed by atoms with Crippen LogP contribution in [0, 0.1) is 5.92 Å². The molecular weight excluding hydrogens is 539 g/mol. The fraction of sp³-hybridized carbons (Fsp3) is 0.379. The molecule has 0 aliphatic rings. The van der Waals surface area contributed by atoms with Gasteiger partial charge >= 0.3 is 5.97 Å². The highest BCUT2D eigenvalue weighted by atomic mass is 35.5. The number of nitrogens with one attached hydrogen (secondary N) is 1. The summed E-state index contributed by atoms with van der Waals surface area (Å²) < 4.78 is 1.42. The molecule has 39 heavy (non-hydrogen) atoms. The van der Waals surface area contributed by atoms with Crippen molar-refractivity contribution in [2.24, 2.45) is 5.92 Å². The first-order valence-corrected chi connectivity index (χ1v) is 13.5. The zero-order valence-corrected chi connectivity index (χ0v) is 24.0. The molecule has 0 bridgehead atoms. The molecule has 0 aliphatic carbocycles. The van der Waals surface area contributed by atoms with E-state index in [1.54, 1.807) is 42.7 Å². The largest absolute Gasteiger partial charge is 0.481 e. The monoisotopic (exact) mass is 572 g/mol. The van der Waals surface area contributed by atoms with Gasteiger partial charge in [-0.1, -0.05) is 43.1 Å². The number of rotatable bonds is 12. The first-order chi connectivity index (χ1) is 18.5. The van der Waals surface area contributed by atoms with Crippen LogP contribution in [-0.2, 0) is 16.0 Å². The second-order valence-electron chi connectivity index (χ2n) is 10.2. The average molecular weight is 574 g/mol. The van der Waals surface area contributed by atoms with Crippen LogP contribution in [0.4, 0.5) is 0 Å². The number of hydrogen-bond acceptors (Lipinski definition) is 5. The van der Waals surface area contributed by atoms with E-state index in [1.165, 1.54) is 10.8 Å². The van der Waals surface area contributed by atoms with E-state index in [4.69, 9.17) is 23.2 Å². The minimum Gasteiger partial charge on any atom is -0.481 e. The number of carbonyl (C=O) groups excluding carboxylic acids is 1. The van der Waals surface area contributed by atoms with Gasteiger partial charge in [-0.2, -0.15) is 0 Å². The van der Waals surface area contributed by atoms with Crippen molar-refractivity contribution >= 4 is 35.1 Å². The predicted octanol–water partition coefficient (Wildman–Crippen LogP) is 5.24. The minimum absolute atomic E-state index is 0.103. The lowest BCUT2D eigenvalue weighted by atomic mass is 9.98. The Morgan fingerprint density at radius 3 is 2.38 bits per heavy atom. The van der Waals surface area contributed by atoms with E-state index in [9.17, 15) is 19.5 Å². The van der Waals surface area contributed by atoms with Crippen molar-refractivity contribution in [3.05, 3.63) is 86.5 Å². The summed E-state index contributed by atoms with van der Waals surface area (Å²) in [7, 11) is 3.93. The van der Waals surface area contributed by atoms with Gasteiger partial charge < -0.3 is 19.9 Å². The number of nitrogens with zero attached hydrogens (tertiary/aromatic N) is 3. The topological polar surface area (TPSA) is 105 Å². The van der Waals surface area contributed by atoms with Crippen LogP contribution in [-0.4, -0.2) is 52.1 Å². The van der Waals surface area contributed by atoms with Crippen molar-refractivity contribution in [3.8, 4) is 11.1 Å². The van der Waals surface area contributed by atoms with Crippen LogP contribution in [0.3, 0.4) is 0 Å². The third-order valence-corrected chi connectivity index (χ3v) is 6.93. The summed E-state index contributed by atoms with van der Waals surface area (Å²) in [6, 6.07) is 8.54. The molecule has 0 unspecified atom stereocenters. The lowest BCUT2D eigenvalue weighted by Gasteiger charge is -2.25. The van der Waals surface area contributed by atoms with Crippen LogP contribution in [0.2, 0.25) is 10.0 Å². The second kappa shape index (κ2) is 13.7. The van der Waals surface area contributed by atoms with Gasteiger partial charge in [-0.25, -0.2) is 0 Å². The first kappa shape index (κ1) is 30.3. The molecule has 0 fully saturated rings. The van der Waals surface area contributed by atoms with Crippen LogP contribution in [0.25, 0.3) is 11.1 Å². The number of pyridine rings is 2. The summed E-state index contributed by atoms with van der Waals surface area (Å²) in [6.45, 7) is 4.72. The van der Waals surface area contributed by atoms with Crippen molar-refractivity contribution < 1.29 is 14.7 Å². The average Bonchev–Trinajstić information content (AvgIpc) is 2.85. The van der Waals surface area contributed by atoms with Gasteiger partial charge in [0.05, 0.1) is 12.5 Å². The van der Waals surface area contributed by atoms with Crippen LogP contribution in [0.15, 0.2) is 59.8 Å². The fourth-order valence-electron chi connectivity index (χ4n) is 4.34. The van der Waals surface area contributed by atoms with Gasteiger partial charge in [0.15, 0.2) is 0 Å². The molecule has 10 heteroatoms. The van der Waals surface area contributed by atoms with Gasteiger partial charge in [-0.3, -0.25) is 19.4 Å². The zero-order chi connectivity index (χ0) is 28.7. The molecule has 2 atom stereocenters. The molecule has 8 nitrogen and oxygen atoms in total. The maximum absolute atomic E-state index is 13.6. The normalized spacial score (nSPS) is 12.9. The Morgan fingerprint density at radius 1 is 1.10 bits per heavy atom. The molecule has 2 heterocycles. The Morgan fingerprint density at radius 2 is 1.79 bits per heavy atom. The molecular formula is C29H34Cl2N4O4. The van der Waals surface area contributed by atoms with E-state index < -0.39 is 24.0 Å². The quantitative estimate of drug-likeness (QED) is 0.307. The Labute approximate surface area is 238 Å². The molecule has 0 spiro atoms. The Bertz CT molecular complexity index is 1350.